The predicted molar refractivity (Wildman–Crippen MR) is 137 cm³/mol. The second-order valence-corrected chi connectivity index (χ2v) is 10.5. The highest BCUT2D eigenvalue weighted by Gasteiger charge is 2.29. The number of rotatable bonds is 6. The van der Waals surface area contributed by atoms with Crippen LogP contribution in [0.5, 0.6) is 0 Å². The summed E-state index contributed by atoms with van der Waals surface area (Å²) in [5, 5.41) is 0.340. The molecule has 1 fully saturated rings. The molecule has 0 saturated carbocycles. The summed E-state index contributed by atoms with van der Waals surface area (Å²) in [6, 6.07) is 0. The summed E-state index contributed by atoms with van der Waals surface area (Å²) in [6.45, 7) is 21.7. The van der Waals surface area contributed by atoms with E-state index < -0.39 is 5.60 Å². The van der Waals surface area contributed by atoms with Gasteiger partial charge in [0.1, 0.15) is 5.60 Å². The van der Waals surface area contributed by atoms with E-state index in [1.54, 1.807) is 19.5 Å². The van der Waals surface area contributed by atoms with Crippen molar-refractivity contribution >= 4 is 29.5 Å². The van der Waals surface area contributed by atoms with Gasteiger partial charge in [-0.25, -0.2) is 4.99 Å². The normalized spacial score (nSPS) is 20.4. The topological polar surface area (TPSA) is 66.7 Å². The number of nitrogens with zero attached hydrogens (tertiary/aromatic N) is 4. The number of piperidine rings is 1. The number of hydrogen-bond acceptors (Lipinski definition) is 7. The Morgan fingerprint density at radius 2 is 1.94 bits per heavy atom. The van der Waals surface area contributed by atoms with E-state index in [-0.39, 0.29) is 18.0 Å². The molecule has 0 aliphatic carbocycles. The number of halogens is 1. The molecule has 1 unspecified atom stereocenters. The molecule has 33 heavy (non-hydrogen) atoms. The summed E-state index contributed by atoms with van der Waals surface area (Å²) in [6.07, 6.45) is 7.44. The summed E-state index contributed by atoms with van der Waals surface area (Å²) in [4.78, 5) is 24.7. The Kier molecular flexibility index (Phi) is 11.3. The van der Waals surface area contributed by atoms with E-state index >= 15 is 0 Å². The molecule has 2 heterocycles. The highest BCUT2D eigenvalue weighted by molar-refractivity contribution is 6.69. The van der Waals surface area contributed by atoms with Crippen LogP contribution in [-0.4, -0.2) is 65.6 Å². The SMILES string of the molecule is C=CN1CCCC(CN2C(CC(=O)OC(C)(C)C)=CN=C(Cl)/C2=C/N=C)C1.COC(C)(C)C. The second kappa shape index (κ2) is 12.9. The minimum Gasteiger partial charge on any atom is -0.460 e. The first-order valence-corrected chi connectivity index (χ1v) is 11.7. The average molecular weight is 481 g/mol. The van der Waals surface area contributed by atoms with Crippen LogP contribution >= 0.6 is 11.6 Å². The number of ether oxygens (including phenoxy) is 2. The molecule has 0 aromatic rings. The Balaban J connectivity index is 0.000000801. The Hall–Kier alpha value is -2.12. The summed E-state index contributed by atoms with van der Waals surface area (Å²) in [7, 11) is 1.71. The highest BCUT2D eigenvalue weighted by atomic mass is 35.5. The smallest absolute Gasteiger partial charge is 0.312 e. The molecule has 7 nitrogen and oxygen atoms in total. The molecule has 0 radical (unpaired) electrons. The van der Waals surface area contributed by atoms with Gasteiger partial charge in [0.25, 0.3) is 0 Å². The van der Waals surface area contributed by atoms with E-state index in [0.717, 1.165) is 31.6 Å². The van der Waals surface area contributed by atoms with Crippen molar-refractivity contribution in [3.05, 3.63) is 36.6 Å². The van der Waals surface area contributed by atoms with Crippen molar-refractivity contribution in [3.8, 4) is 0 Å². The molecule has 1 atom stereocenters. The molecule has 8 heteroatoms. The lowest BCUT2D eigenvalue weighted by Crippen LogP contribution is -2.40. The number of methoxy groups -OCH3 is 1. The summed E-state index contributed by atoms with van der Waals surface area (Å²) >= 11 is 6.30. The number of hydrogen-bond donors (Lipinski definition) is 0. The van der Waals surface area contributed by atoms with E-state index in [9.17, 15) is 4.79 Å². The van der Waals surface area contributed by atoms with Gasteiger partial charge in [-0.15, -0.1) is 0 Å². The molecule has 0 aromatic heterocycles. The Morgan fingerprint density at radius 3 is 2.45 bits per heavy atom. The third-order valence-corrected chi connectivity index (χ3v) is 5.29. The molecule has 186 valence electrons. The molecule has 0 N–H and O–H groups in total. The summed E-state index contributed by atoms with van der Waals surface area (Å²) in [5.74, 6) is 0.115. The standard InChI is InChI=1S/C20H29ClN4O2.C5H12O/c1-6-24-9-7-8-15(13-24)14-25-16(10-18(26)27-20(2,3)4)11-23-19(21)17(25)12-22-5;1-5(2,3)6-4/h6,11-12,15H,1,5,7-10,13-14H2,2-4H3;1-4H3/b17-12-;. The highest BCUT2D eigenvalue weighted by Crippen LogP contribution is 2.29. The number of carbonyl (C=O) groups is 1. The van der Waals surface area contributed by atoms with Crippen LogP contribution in [0, 0.1) is 5.92 Å². The van der Waals surface area contributed by atoms with E-state index in [1.807, 2.05) is 52.6 Å². The maximum Gasteiger partial charge on any atom is 0.312 e. The molecule has 1 saturated heterocycles. The first-order chi connectivity index (χ1) is 15.3. The zero-order valence-corrected chi connectivity index (χ0v) is 22.1. The second-order valence-electron chi connectivity index (χ2n) is 10.1. The number of carbonyl (C=O) groups excluding carboxylic acids is 1. The minimum absolute atomic E-state index is 0.0417. The monoisotopic (exact) mass is 480 g/mol. The molecule has 2 aliphatic rings. The van der Waals surface area contributed by atoms with Gasteiger partial charge in [-0.3, -0.25) is 9.79 Å². The van der Waals surface area contributed by atoms with Crippen LogP contribution in [0.2, 0.25) is 0 Å². The van der Waals surface area contributed by atoms with Crippen molar-refractivity contribution in [2.45, 2.75) is 72.0 Å². The third-order valence-electron chi connectivity index (χ3n) is 5.00. The van der Waals surface area contributed by atoms with Crippen LogP contribution < -0.4 is 0 Å². The third kappa shape index (κ3) is 11.0. The van der Waals surface area contributed by atoms with E-state index in [4.69, 9.17) is 21.1 Å². The van der Waals surface area contributed by atoms with Crippen molar-refractivity contribution in [1.29, 1.82) is 0 Å². The van der Waals surface area contributed by atoms with E-state index in [2.05, 4.69) is 28.2 Å². The largest absolute Gasteiger partial charge is 0.460 e. The van der Waals surface area contributed by atoms with Gasteiger partial charge in [-0.1, -0.05) is 18.2 Å². The fourth-order valence-corrected chi connectivity index (χ4v) is 3.49. The van der Waals surface area contributed by atoms with Gasteiger partial charge in [-0.2, -0.15) is 0 Å². The van der Waals surface area contributed by atoms with Gasteiger partial charge in [0.15, 0.2) is 5.17 Å². The van der Waals surface area contributed by atoms with Crippen LogP contribution in [0.3, 0.4) is 0 Å². The summed E-state index contributed by atoms with van der Waals surface area (Å²) in [5.41, 5.74) is 0.912. The quantitative estimate of drug-likeness (QED) is 0.379. The Labute approximate surface area is 204 Å². The fourth-order valence-electron chi connectivity index (χ4n) is 3.29. The molecule has 2 rings (SSSR count). The molecular formula is C25H41ClN4O3. The van der Waals surface area contributed by atoms with Gasteiger partial charge in [0.2, 0.25) is 0 Å². The number of allylic oxidation sites excluding steroid dienone is 1. The van der Waals surface area contributed by atoms with Gasteiger partial charge < -0.3 is 19.3 Å². The van der Waals surface area contributed by atoms with Gasteiger partial charge in [-0.05, 0) is 73.2 Å². The molecular weight excluding hydrogens is 440 g/mol. The van der Waals surface area contributed by atoms with Crippen molar-refractivity contribution in [3.63, 3.8) is 0 Å². The van der Waals surface area contributed by atoms with Gasteiger partial charge >= 0.3 is 5.97 Å². The van der Waals surface area contributed by atoms with Crippen LogP contribution in [-0.2, 0) is 14.3 Å². The fraction of sp³-hybridized carbons (Fsp3) is 0.640. The number of likely N-dealkylation sites (tertiary alicyclic amines) is 1. The van der Waals surface area contributed by atoms with Crippen LogP contribution in [0.15, 0.2) is 46.6 Å². The minimum atomic E-state index is -0.534. The maximum absolute atomic E-state index is 12.4. The lowest BCUT2D eigenvalue weighted by Gasteiger charge is -2.38. The van der Waals surface area contributed by atoms with Crippen molar-refractivity contribution in [2.75, 3.05) is 26.7 Å². The molecule has 0 amide bonds. The van der Waals surface area contributed by atoms with Crippen LogP contribution in [0.1, 0.15) is 60.8 Å². The number of aliphatic imine (C=N–C) groups is 2. The van der Waals surface area contributed by atoms with Crippen LogP contribution in [0.4, 0.5) is 0 Å². The zero-order chi connectivity index (χ0) is 25.2. The Morgan fingerprint density at radius 1 is 1.30 bits per heavy atom. The van der Waals surface area contributed by atoms with E-state index in [1.165, 1.54) is 0 Å². The zero-order valence-electron chi connectivity index (χ0n) is 21.4. The van der Waals surface area contributed by atoms with Crippen LogP contribution in [0.25, 0.3) is 0 Å². The predicted octanol–water partition coefficient (Wildman–Crippen LogP) is 5.34. The lowest BCUT2D eigenvalue weighted by molar-refractivity contribution is -0.154. The van der Waals surface area contributed by atoms with Crippen molar-refractivity contribution < 1.29 is 14.3 Å². The van der Waals surface area contributed by atoms with Gasteiger partial charge in [0, 0.05) is 38.6 Å². The maximum atomic E-state index is 12.4. The van der Waals surface area contributed by atoms with E-state index in [0.29, 0.717) is 23.3 Å². The summed E-state index contributed by atoms with van der Waals surface area (Å²) < 4.78 is 10.4. The van der Waals surface area contributed by atoms with Crippen molar-refractivity contribution in [2.24, 2.45) is 15.9 Å². The van der Waals surface area contributed by atoms with Gasteiger partial charge in [0.05, 0.1) is 23.9 Å². The first-order valence-electron chi connectivity index (χ1n) is 11.3. The molecule has 2 aliphatic heterocycles. The molecule has 0 bridgehead atoms. The first kappa shape index (κ1) is 28.9. The molecule has 0 aromatic carbocycles. The average Bonchev–Trinajstić information content (AvgIpc) is 2.71. The molecule has 0 spiro atoms. The lowest BCUT2D eigenvalue weighted by atomic mass is 9.97. The number of esters is 1. The Bertz CT molecular complexity index is 776. The van der Waals surface area contributed by atoms with Crippen molar-refractivity contribution in [1.82, 2.24) is 9.80 Å².